The fourth-order valence-corrected chi connectivity index (χ4v) is 1.23. The summed E-state index contributed by atoms with van der Waals surface area (Å²) in [7, 11) is 0. The number of nitrogens with one attached hydrogen (secondary N) is 2. The first-order valence-corrected chi connectivity index (χ1v) is 5.48. The fraction of sp³-hybridized carbons (Fsp3) is 0.417. The van der Waals surface area contributed by atoms with Gasteiger partial charge in [-0.05, 0) is 12.5 Å². The first kappa shape index (κ1) is 12.7. The molecule has 0 radical (unpaired) electrons. The zero-order valence-corrected chi connectivity index (χ0v) is 9.53. The Bertz CT molecular complexity index is 301. The molecule has 0 unspecified atom stereocenters. The molecule has 0 aliphatic heterocycles. The average molecular weight is 222 g/mol. The van der Waals surface area contributed by atoms with Gasteiger partial charge in [0.1, 0.15) is 0 Å². The summed E-state index contributed by atoms with van der Waals surface area (Å²) >= 11 is 0. The van der Waals surface area contributed by atoms with Gasteiger partial charge in [-0.1, -0.05) is 30.3 Å². The lowest BCUT2D eigenvalue weighted by Crippen LogP contribution is -2.27. The third-order valence-electron chi connectivity index (χ3n) is 2.01. The van der Waals surface area contributed by atoms with E-state index in [2.05, 4.69) is 10.8 Å². The summed E-state index contributed by atoms with van der Waals surface area (Å²) in [5.41, 5.74) is 3.87. The van der Waals surface area contributed by atoms with E-state index < -0.39 is 0 Å². The third kappa shape index (κ3) is 5.48. The number of rotatable bonds is 7. The van der Waals surface area contributed by atoms with Gasteiger partial charge in [-0.2, -0.15) is 0 Å². The van der Waals surface area contributed by atoms with E-state index in [0.717, 1.165) is 5.56 Å². The number of hydrogen-bond donors (Lipinski definition) is 2. The Hall–Kier alpha value is -1.39. The molecule has 0 bridgehead atoms. The minimum Gasteiger partial charge on any atom is -0.356 e. The number of carbonyl (C=O) groups excluding carboxylic acids is 1. The zero-order valence-electron chi connectivity index (χ0n) is 9.53. The van der Waals surface area contributed by atoms with E-state index in [9.17, 15) is 4.79 Å². The van der Waals surface area contributed by atoms with Crippen LogP contribution in [0, 0.1) is 0 Å². The highest BCUT2D eigenvalue weighted by molar-refractivity contribution is 5.75. The minimum atomic E-state index is 0.0401. The lowest BCUT2D eigenvalue weighted by atomic mass is 10.2. The van der Waals surface area contributed by atoms with Crippen molar-refractivity contribution in [3.05, 3.63) is 35.9 Å². The van der Waals surface area contributed by atoms with Gasteiger partial charge < -0.3 is 5.32 Å². The molecule has 4 heteroatoms. The summed E-state index contributed by atoms with van der Waals surface area (Å²) in [6.07, 6.45) is 0.433. The molecule has 1 rings (SSSR count). The van der Waals surface area contributed by atoms with Crippen molar-refractivity contribution in [1.29, 1.82) is 0 Å². The van der Waals surface area contributed by atoms with E-state index in [1.54, 1.807) is 0 Å². The van der Waals surface area contributed by atoms with Gasteiger partial charge in [0.15, 0.2) is 0 Å². The predicted molar refractivity (Wildman–Crippen MR) is 62.5 cm³/mol. The van der Waals surface area contributed by atoms with Crippen LogP contribution in [-0.4, -0.2) is 19.0 Å². The Labute approximate surface area is 95.9 Å². The van der Waals surface area contributed by atoms with Crippen LogP contribution >= 0.6 is 0 Å². The topological polar surface area (TPSA) is 50.4 Å². The predicted octanol–water partition coefficient (Wildman–Crippen LogP) is 1.23. The van der Waals surface area contributed by atoms with Crippen molar-refractivity contribution < 1.29 is 9.63 Å². The first-order chi connectivity index (χ1) is 7.83. The van der Waals surface area contributed by atoms with Gasteiger partial charge in [-0.25, -0.2) is 5.48 Å². The molecule has 1 amide bonds. The highest BCUT2D eigenvalue weighted by Gasteiger charge is 1.98. The third-order valence-corrected chi connectivity index (χ3v) is 2.01. The molecule has 0 aliphatic carbocycles. The maximum Gasteiger partial charge on any atom is 0.221 e. The number of benzene rings is 1. The molecule has 2 N–H and O–H groups in total. The lowest BCUT2D eigenvalue weighted by Gasteiger charge is -2.05. The summed E-state index contributed by atoms with van der Waals surface area (Å²) in [4.78, 5) is 16.3. The standard InChI is InChI=1S/C12H18N2O2/c1-2-13-12(15)8-9-14-16-10-11-6-4-3-5-7-11/h3-7,14H,2,8-10H2,1H3,(H,13,15). The van der Waals surface area contributed by atoms with Gasteiger partial charge in [0.05, 0.1) is 6.61 Å². The molecule has 0 saturated carbocycles. The van der Waals surface area contributed by atoms with Gasteiger partial charge in [-0.3, -0.25) is 9.63 Å². The van der Waals surface area contributed by atoms with Crippen molar-refractivity contribution in [2.45, 2.75) is 20.0 Å². The highest BCUT2D eigenvalue weighted by atomic mass is 16.6. The van der Waals surface area contributed by atoms with Crippen LogP contribution in [-0.2, 0) is 16.2 Å². The van der Waals surface area contributed by atoms with E-state index in [0.29, 0.717) is 26.1 Å². The van der Waals surface area contributed by atoms with Crippen LogP contribution in [0.4, 0.5) is 0 Å². The SMILES string of the molecule is CCNC(=O)CCNOCc1ccccc1. The molecule has 1 aromatic carbocycles. The maximum atomic E-state index is 11.1. The summed E-state index contributed by atoms with van der Waals surface area (Å²) < 4.78 is 0. The Balaban J connectivity index is 2.02. The quantitative estimate of drug-likeness (QED) is 0.539. The lowest BCUT2D eigenvalue weighted by molar-refractivity contribution is -0.121. The Morgan fingerprint density at radius 3 is 2.75 bits per heavy atom. The summed E-state index contributed by atoms with van der Waals surface area (Å²) in [5.74, 6) is 0.0401. The largest absolute Gasteiger partial charge is 0.356 e. The first-order valence-electron chi connectivity index (χ1n) is 5.48. The molecule has 0 atom stereocenters. The van der Waals surface area contributed by atoms with Crippen LogP contribution in [0.2, 0.25) is 0 Å². The summed E-state index contributed by atoms with van der Waals surface area (Å²) in [6.45, 7) is 3.61. The zero-order chi connectivity index (χ0) is 11.6. The van der Waals surface area contributed by atoms with Crippen LogP contribution in [0.15, 0.2) is 30.3 Å². The van der Waals surface area contributed by atoms with Crippen LogP contribution in [0.25, 0.3) is 0 Å². The molecular formula is C12H18N2O2. The molecule has 0 heterocycles. The molecule has 0 spiro atoms. The minimum absolute atomic E-state index is 0.0401. The average Bonchev–Trinajstić information content (AvgIpc) is 2.30. The second-order valence-corrected chi connectivity index (χ2v) is 3.37. The number of hydroxylamine groups is 1. The van der Waals surface area contributed by atoms with Crippen LogP contribution < -0.4 is 10.8 Å². The molecule has 88 valence electrons. The number of hydrogen-bond acceptors (Lipinski definition) is 3. The second kappa shape index (κ2) is 7.84. The smallest absolute Gasteiger partial charge is 0.221 e. The van der Waals surface area contributed by atoms with E-state index in [-0.39, 0.29) is 5.91 Å². The van der Waals surface area contributed by atoms with Gasteiger partial charge >= 0.3 is 0 Å². The summed E-state index contributed by atoms with van der Waals surface area (Å²) in [5, 5.41) is 2.72. The molecular weight excluding hydrogens is 204 g/mol. The van der Waals surface area contributed by atoms with Gasteiger partial charge in [0.25, 0.3) is 0 Å². The van der Waals surface area contributed by atoms with Crippen molar-refractivity contribution in [2.24, 2.45) is 0 Å². The molecule has 0 fully saturated rings. The second-order valence-electron chi connectivity index (χ2n) is 3.37. The van der Waals surface area contributed by atoms with Crippen LogP contribution in [0.5, 0.6) is 0 Å². The van der Waals surface area contributed by atoms with E-state index in [1.165, 1.54) is 0 Å². The Kier molecular flexibility index (Phi) is 6.22. The Morgan fingerprint density at radius 2 is 2.06 bits per heavy atom. The normalized spacial score (nSPS) is 10.1. The monoisotopic (exact) mass is 222 g/mol. The number of carbonyl (C=O) groups is 1. The van der Waals surface area contributed by atoms with Crippen molar-refractivity contribution in [2.75, 3.05) is 13.1 Å². The van der Waals surface area contributed by atoms with Crippen molar-refractivity contribution in [3.8, 4) is 0 Å². The van der Waals surface area contributed by atoms with Crippen LogP contribution in [0.1, 0.15) is 18.9 Å². The fourth-order valence-electron chi connectivity index (χ4n) is 1.23. The van der Waals surface area contributed by atoms with Gasteiger partial charge in [-0.15, -0.1) is 0 Å². The van der Waals surface area contributed by atoms with E-state index >= 15 is 0 Å². The van der Waals surface area contributed by atoms with Crippen molar-refractivity contribution in [1.82, 2.24) is 10.8 Å². The van der Waals surface area contributed by atoms with Gasteiger partial charge in [0.2, 0.25) is 5.91 Å². The van der Waals surface area contributed by atoms with E-state index in [4.69, 9.17) is 4.84 Å². The van der Waals surface area contributed by atoms with Gasteiger partial charge in [0, 0.05) is 19.5 Å². The highest BCUT2D eigenvalue weighted by Crippen LogP contribution is 1.98. The Morgan fingerprint density at radius 1 is 1.31 bits per heavy atom. The molecule has 1 aromatic rings. The molecule has 0 saturated heterocycles. The van der Waals surface area contributed by atoms with Crippen LogP contribution in [0.3, 0.4) is 0 Å². The maximum absolute atomic E-state index is 11.1. The van der Waals surface area contributed by atoms with Crippen molar-refractivity contribution >= 4 is 5.91 Å². The molecule has 0 aliphatic rings. The van der Waals surface area contributed by atoms with E-state index in [1.807, 2.05) is 37.3 Å². The molecule has 0 aromatic heterocycles. The van der Waals surface area contributed by atoms with Crippen molar-refractivity contribution in [3.63, 3.8) is 0 Å². The summed E-state index contributed by atoms with van der Waals surface area (Å²) in [6, 6.07) is 9.88. The number of amides is 1. The molecule has 4 nitrogen and oxygen atoms in total. The molecule has 16 heavy (non-hydrogen) atoms.